The van der Waals surface area contributed by atoms with Crippen molar-refractivity contribution in [3.05, 3.63) is 0 Å². The molecule has 1 rings (SSSR count). The van der Waals surface area contributed by atoms with Gasteiger partial charge in [0.2, 0.25) is 5.91 Å². The maximum atomic E-state index is 11.5. The van der Waals surface area contributed by atoms with Crippen molar-refractivity contribution in [3.63, 3.8) is 0 Å². The zero-order valence-corrected chi connectivity index (χ0v) is 11.0. The van der Waals surface area contributed by atoms with E-state index in [9.17, 15) is 4.79 Å². The minimum Gasteiger partial charge on any atom is -0.353 e. The summed E-state index contributed by atoms with van der Waals surface area (Å²) in [7, 11) is 0. The van der Waals surface area contributed by atoms with Crippen LogP contribution in [0.1, 0.15) is 58.3 Å². The fourth-order valence-electron chi connectivity index (χ4n) is 2.10. The van der Waals surface area contributed by atoms with Crippen molar-refractivity contribution in [3.8, 4) is 0 Å². The molecule has 3 nitrogen and oxygen atoms in total. The van der Waals surface area contributed by atoms with Crippen LogP contribution in [0.15, 0.2) is 0 Å². The summed E-state index contributed by atoms with van der Waals surface area (Å²) in [5.41, 5.74) is 5.81. The molecule has 0 unspecified atom stereocenters. The lowest BCUT2D eigenvalue weighted by Gasteiger charge is -2.26. The highest BCUT2D eigenvalue weighted by Gasteiger charge is 2.19. The maximum absolute atomic E-state index is 11.5. The zero-order valence-electron chi connectivity index (χ0n) is 10.2. The van der Waals surface area contributed by atoms with Gasteiger partial charge in [-0.25, -0.2) is 0 Å². The van der Waals surface area contributed by atoms with E-state index in [0.717, 1.165) is 38.5 Å². The van der Waals surface area contributed by atoms with Crippen LogP contribution in [0.3, 0.4) is 0 Å². The lowest BCUT2D eigenvalue weighted by molar-refractivity contribution is -0.122. The van der Waals surface area contributed by atoms with Gasteiger partial charge in [-0.05, 0) is 32.1 Å². The van der Waals surface area contributed by atoms with Crippen LogP contribution in [0.4, 0.5) is 0 Å². The second-order valence-corrected chi connectivity index (χ2v) is 4.64. The van der Waals surface area contributed by atoms with Gasteiger partial charge in [-0.1, -0.05) is 19.8 Å². The Morgan fingerprint density at radius 3 is 2.44 bits per heavy atom. The summed E-state index contributed by atoms with van der Waals surface area (Å²) >= 11 is 0. The summed E-state index contributed by atoms with van der Waals surface area (Å²) in [5.74, 6) is 0.226. The number of carbonyl (C=O) groups excluding carboxylic acids is 1. The van der Waals surface area contributed by atoms with Crippen molar-refractivity contribution in [1.82, 2.24) is 5.32 Å². The third-order valence-electron chi connectivity index (χ3n) is 3.14. The van der Waals surface area contributed by atoms with Gasteiger partial charge in [-0.15, -0.1) is 12.4 Å². The molecule has 1 aliphatic rings. The normalized spacial score (nSPS) is 24.6. The number of hydrogen-bond donors (Lipinski definition) is 2. The Morgan fingerprint density at radius 1 is 1.25 bits per heavy atom. The average molecular weight is 249 g/mol. The van der Waals surface area contributed by atoms with Crippen molar-refractivity contribution >= 4 is 18.3 Å². The molecule has 0 heterocycles. The number of rotatable bonds is 5. The first kappa shape index (κ1) is 15.7. The molecule has 16 heavy (non-hydrogen) atoms. The molecule has 0 spiro atoms. The minimum absolute atomic E-state index is 0. The molecule has 1 amide bonds. The number of nitrogens with two attached hydrogens (primary N) is 1. The molecule has 4 heteroatoms. The highest BCUT2D eigenvalue weighted by molar-refractivity contribution is 5.85. The van der Waals surface area contributed by atoms with Gasteiger partial charge in [0.25, 0.3) is 0 Å². The van der Waals surface area contributed by atoms with Crippen molar-refractivity contribution in [2.45, 2.75) is 70.4 Å². The highest BCUT2D eigenvalue weighted by Crippen LogP contribution is 2.17. The molecule has 0 aromatic carbocycles. The molecular weight excluding hydrogens is 224 g/mol. The quantitative estimate of drug-likeness (QED) is 0.734. The number of amides is 1. The van der Waals surface area contributed by atoms with Crippen LogP contribution in [0.5, 0.6) is 0 Å². The smallest absolute Gasteiger partial charge is 0.220 e. The second kappa shape index (κ2) is 8.82. The Labute approximate surface area is 105 Å². The average Bonchev–Trinajstić information content (AvgIpc) is 2.22. The Bertz CT molecular complexity index is 191. The van der Waals surface area contributed by atoms with Crippen LogP contribution >= 0.6 is 12.4 Å². The fraction of sp³-hybridized carbons (Fsp3) is 0.917. The Kier molecular flexibility index (Phi) is 8.67. The predicted molar refractivity (Wildman–Crippen MR) is 69.8 cm³/mol. The molecule has 0 bridgehead atoms. The van der Waals surface area contributed by atoms with E-state index in [0.29, 0.717) is 18.5 Å². The molecule has 3 N–H and O–H groups in total. The van der Waals surface area contributed by atoms with Crippen LogP contribution in [0.25, 0.3) is 0 Å². The minimum atomic E-state index is 0. The van der Waals surface area contributed by atoms with E-state index in [-0.39, 0.29) is 18.3 Å². The van der Waals surface area contributed by atoms with E-state index in [1.165, 1.54) is 6.42 Å². The van der Waals surface area contributed by atoms with E-state index < -0.39 is 0 Å². The van der Waals surface area contributed by atoms with Gasteiger partial charge in [0.05, 0.1) is 0 Å². The first-order valence-corrected chi connectivity index (χ1v) is 6.27. The van der Waals surface area contributed by atoms with Gasteiger partial charge < -0.3 is 11.1 Å². The Morgan fingerprint density at radius 2 is 1.88 bits per heavy atom. The van der Waals surface area contributed by atoms with Gasteiger partial charge in [0.15, 0.2) is 0 Å². The van der Waals surface area contributed by atoms with Crippen molar-refractivity contribution in [1.29, 1.82) is 0 Å². The monoisotopic (exact) mass is 248 g/mol. The first-order valence-electron chi connectivity index (χ1n) is 6.27. The summed E-state index contributed by atoms with van der Waals surface area (Å²) in [5, 5.41) is 3.10. The van der Waals surface area contributed by atoms with Crippen LogP contribution in [0, 0.1) is 0 Å². The molecule has 0 aromatic heterocycles. The van der Waals surface area contributed by atoms with Gasteiger partial charge in [0, 0.05) is 18.5 Å². The Balaban J connectivity index is 0.00000225. The van der Waals surface area contributed by atoms with Crippen molar-refractivity contribution in [2.24, 2.45) is 5.73 Å². The molecule has 0 radical (unpaired) electrons. The standard InChI is InChI=1S/C12H24N2O.ClH/c1-2-3-4-5-12(15)14-11-8-6-10(13)7-9-11;/h10-11H,2-9,13H2,1H3,(H,14,15);1H. The molecule has 1 aliphatic carbocycles. The lowest BCUT2D eigenvalue weighted by Crippen LogP contribution is -2.40. The van der Waals surface area contributed by atoms with E-state index >= 15 is 0 Å². The first-order chi connectivity index (χ1) is 7.22. The van der Waals surface area contributed by atoms with Crippen LogP contribution in [0.2, 0.25) is 0 Å². The van der Waals surface area contributed by atoms with Gasteiger partial charge >= 0.3 is 0 Å². The summed E-state index contributed by atoms with van der Waals surface area (Å²) in [6, 6.07) is 0.747. The summed E-state index contributed by atoms with van der Waals surface area (Å²) in [4.78, 5) is 11.5. The maximum Gasteiger partial charge on any atom is 0.220 e. The molecule has 0 aliphatic heterocycles. The summed E-state index contributed by atoms with van der Waals surface area (Å²) < 4.78 is 0. The Hall–Kier alpha value is -0.280. The van der Waals surface area contributed by atoms with E-state index in [2.05, 4.69) is 12.2 Å². The third kappa shape index (κ3) is 6.33. The van der Waals surface area contributed by atoms with Crippen LogP contribution < -0.4 is 11.1 Å². The van der Waals surface area contributed by atoms with E-state index in [1.54, 1.807) is 0 Å². The van der Waals surface area contributed by atoms with Crippen LogP contribution in [-0.4, -0.2) is 18.0 Å². The number of unbranched alkanes of at least 4 members (excludes halogenated alkanes) is 2. The highest BCUT2D eigenvalue weighted by atomic mass is 35.5. The van der Waals surface area contributed by atoms with Crippen LogP contribution in [-0.2, 0) is 4.79 Å². The molecule has 0 aromatic rings. The second-order valence-electron chi connectivity index (χ2n) is 4.64. The number of halogens is 1. The predicted octanol–water partition coefficient (Wildman–Crippen LogP) is 2.37. The third-order valence-corrected chi connectivity index (χ3v) is 3.14. The summed E-state index contributed by atoms with van der Waals surface area (Å²) in [6.45, 7) is 2.15. The molecule has 0 saturated heterocycles. The van der Waals surface area contributed by atoms with Crippen molar-refractivity contribution < 1.29 is 4.79 Å². The molecule has 0 atom stereocenters. The molecule has 96 valence electrons. The lowest BCUT2D eigenvalue weighted by atomic mass is 9.92. The van der Waals surface area contributed by atoms with Gasteiger partial charge in [-0.2, -0.15) is 0 Å². The SMILES string of the molecule is CCCCCC(=O)NC1CCC(N)CC1.Cl. The number of hydrogen-bond acceptors (Lipinski definition) is 2. The molecular formula is C12H25ClN2O. The van der Waals surface area contributed by atoms with E-state index in [4.69, 9.17) is 5.73 Å². The number of carbonyl (C=O) groups is 1. The van der Waals surface area contributed by atoms with E-state index in [1.807, 2.05) is 0 Å². The van der Waals surface area contributed by atoms with Gasteiger partial charge in [0.1, 0.15) is 0 Å². The fourth-order valence-corrected chi connectivity index (χ4v) is 2.10. The topological polar surface area (TPSA) is 55.1 Å². The zero-order chi connectivity index (χ0) is 11.1. The summed E-state index contributed by atoms with van der Waals surface area (Å²) in [6.07, 6.45) is 8.26. The largest absolute Gasteiger partial charge is 0.353 e. The number of nitrogens with one attached hydrogen (secondary N) is 1. The molecule has 1 fully saturated rings. The molecule has 1 saturated carbocycles. The van der Waals surface area contributed by atoms with Gasteiger partial charge in [-0.3, -0.25) is 4.79 Å². The van der Waals surface area contributed by atoms with Crippen molar-refractivity contribution in [2.75, 3.05) is 0 Å².